The minimum atomic E-state index is -0.347. The van der Waals surface area contributed by atoms with Crippen molar-refractivity contribution in [2.45, 2.75) is 81.1 Å². The normalized spacial score (nSPS) is 12.0. The van der Waals surface area contributed by atoms with Crippen molar-refractivity contribution in [2.24, 2.45) is 25.9 Å². The van der Waals surface area contributed by atoms with Gasteiger partial charge in [0.1, 0.15) is 33.8 Å². The number of aromatic nitrogens is 12. The molecule has 16 nitrogen and oxygen atoms in total. The first-order chi connectivity index (χ1) is 27.7. The summed E-state index contributed by atoms with van der Waals surface area (Å²) in [7, 11) is 16.1. The summed E-state index contributed by atoms with van der Waals surface area (Å²) in [5.41, 5.74) is 8.50. The van der Waals surface area contributed by atoms with E-state index in [1.54, 1.807) is 48.2 Å². The SMILES string of the molecule is CC.CC.S.[B]C(Nc1c(-c2nc3ncc(C)cc3[nH]2)c(=O)[nH]c2cn(C)nc12)C(C)C.[B]C(Nc1c(-c2nc3ncc(C)cc3[nH]2)c(=O)[nH]c2cn(C)nc12)C(C)C. The van der Waals surface area contributed by atoms with Crippen molar-refractivity contribution in [1.82, 2.24) is 59.4 Å². The van der Waals surface area contributed by atoms with Gasteiger partial charge in [0.05, 0.1) is 49.1 Å². The van der Waals surface area contributed by atoms with Gasteiger partial charge in [0.2, 0.25) is 0 Å². The zero-order valence-corrected chi connectivity index (χ0v) is 36.8. The topological polar surface area (TPSA) is 209 Å². The summed E-state index contributed by atoms with van der Waals surface area (Å²) < 4.78 is 3.31. The second kappa shape index (κ2) is 19.3. The minimum Gasteiger partial charge on any atom is -0.388 e. The van der Waals surface area contributed by atoms with Gasteiger partial charge >= 0.3 is 0 Å². The van der Waals surface area contributed by atoms with Gasteiger partial charge in [0.15, 0.2) is 11.3 Å². The molecule has 0 aromatic carbocycles. The molecule has 6 N–H and O–H groups in total. The molecule has 0 saturated carbocycles. The molecule has 0 fully saturated rings. The zero-order valence-electron chi connectivity index (χ0n) is 35.8. The van der Waals surface area contributed by atoms with E-state index in [4.69, 9.17) is 15.7 Å². The summed E-state index contributed by atoms with van der Waals surface area (Å²) in [5.74, 6) is 0.485. The first-order valence-electron chi connectivity index (χ1n) is 19.6. The quantitative estimate of drug-likeness (QED) is 0.0943. The summed E-state index contributed by atoms with van der Waals surface area (Å²) in [6.45, 7) is 19.9. The van der Waals surface area contributed by atoms with Crippen LogP contribution in [0.2, 0.25) is 0 Å². The lowest BCUT2D eigenvalue weighted by Gasteiger charge is -2.21. The fraction of sp³-hybridized carbons (Fsp3) is 0.400. The van der Waals surface area contributed by atoms with Gasteiger partial charge in [-0.05, 0) is 60.8 Å². The largest absolute Gasteiger partial charge is 0.388 e. The fourth-order valence-corrected chi connectivity index (χ4v) is 6.01. The third-order valence-electron chi connectivity index (χ3n) is 9.06. The average molecular weight is 817 g/mol. The number of imidazole rings is 2. The number of hydrogen-bond donors (Lipinski definition) is 6. The van der Waals surface area contributed by atoms with Crippen LogP contribution in [0.1, 0.15) is 66.5 Å². The monoisotopic (exact) mass is 816 g/mol. The Labute approximate surface area is 352 Å². The lowest BCUT2D eigenvalue weighted by molar-refractivity contribution is 0.643. The Bertz CT molecular complexity index is 2610. The first kappa shape index (κ1) is 45.9. The summed E-state index contributed by atoms with van der Waals surface area (Å²) in [4.78, 5) is 55.6. The van der Waals surface area contributed by atoms with Gasteiger partial charge in [-0.2, -0.15) is 23.7 Å². The summed E-state index contributed by atoms with van der Waals surface area (Å²) in [6.07, 6.45) is 7.01. The lowest BCUT2D eigenvalue weighted by Crippen LogP contribution is -2.27. The predicted molar refractivity (Wildman–Crippen MR) is 247 cm³/mol. The van der Waals surface area contributed by atoms with Gasteiger partial charge in [-0.1, -0.05) is 55.4 Å². The summed E-state index contributed by atoms with van der Waals surface area (Å²) >= 11 is 0. The van der Waals surface area contributed by atoms with Gasteiger partial charge in [0.25, 0.3) is 11.1 Å². The Morgan fingerprint density at radius 1 is 0.610 bits per heavy atom. The Morgan fingerprint density at radius 2 is 0.966 bits per heavy atom. The molecule has 8 rings (SSSR count). The number of nitrogens with zero attached hydrogens (tertiary/aromatic N) is 8. The Hall–Kier alpha value is -5.84. The highest BCUT2D eigenvalue weighted by atomic mass is 32.1. The standard InChI is InChI=1S/2C18H20BN7O.2C2H6.H2S/c2*1-8(2)15(19)23-14-12(18(27)22-11-7-26(4)25-13(11)14)17-21-10-5-9(3)6-20-16(10)24-17;2*1-2;/h2*5-8,15,23H,1-4H3,(H,22,27)(H,20,21,24);2*1-2H3;1H2. The molecule has 0 aliphatic carbocycles. The number of anilines is 2. The first-order valence-corrected chi connectivity index (χ1v) is 19.6. The molecule has 0 aliphatic rings. The number of aromatic amines is 4. The maximum absolute atomic E-state index is 12.9. The fourth-order valence-electron chi connectivity index (χ4n) is 6.01. The van der Waals surface area contributed by atoms with E-state index in [0.717, 1.165) is 22.2 Å². The third kappa shape index (κ3) is 9.73. The molecular weight excluding hydrogens is 762 g/mol. The number of hydrogen-bond acceptors (Lipinski definition) is 10. The van der Waals surface area contributed by atoms with Gasteiger partial charge in [-0.25, -0.2) is 19.9 Å². The smallest absolute Gasteiger partial charge is 0.261 e. The van der Waals surface area contributed by atoms with Crippen LogP contribution in [-0.4, -0.2) is 87.0 Å². The van der Waals surface area contributed by atoms with E-state index in [0.29, 0.717) is 67.5 Å². The van der Waals surface area contributed by atoms with E-state index in [1.165, 1.54) is 0 Å². The maximum Gasteiger partial charge on any atom is 0.261 e. The van der Waals surface area contributed by atoms with Crippen LogP contribution < -0.4 is 21.8 Å². The van der Waals surface area contributed by atoms with Crippen LogP contribution in [0, 0.1) is 25.7 Å². The predicted octanol–water partition coefficient (Wildman–Crippen LogP) is 6.31. The molecule has 4 radical (unpaired) electrons. The van der Waals surface area contributed by atoms with Crippen molar-refractivity contribution < 1.29 is 0 Å². The molecule has 8 heterocycles. The van der Waals surface area contributed by atoms with Crippen LogP contribution >= 0.6 is 13.5 Å². The molecule has 0 amide bonds. The Balaban J connectivity index is 0.000000237. The molecule has 0 spiro atoms. The van der Waals surface area contributed by atoms with E-state index in [-0.39, 0.29) is 48.3 Å². The second-order valence-corrected chi connectivity index (χ2v) is 14.3. The van der Waals surface area contributed by atoms with E-state index in [2.05, 4.69) is 60.7 Å². The van der Waals surface area contributed by atoms with Crippen molar-refractivity contribution in [2.75, 3.05) is 10.6 Å². The van der Waals surface area contributed by atoms with Crippen LogP contribution in [0.3, 0.4) is 0 Å². The van der Waals surface area contributed by atoms with E-state index in [9.17, 15) is 9.59 Å². The Kier molecular flexibility index (Phi) is 15.0. The van der Waals surface area contributed by atoms with E-state index in [1.807, 2.05) is 81.4 Å². The lowest BCUT2D eigenvalue weighted by atomic mass is 9.85. The highest BCUT2D eigenvalue weighted by Gasteiger charge is 2.24. The molecule has 0 saturated heterocycles. The van der Waals surface area contributed by atoms with Crippen LogP contribution in [0.15, 0.2) is 46.5 Å². The summed E-state index contributed by atoms with van der Waals surface area (Å²) in [5, 5.41) is 15.5. The summed E-state index contributed by atoms with van der Waals surface area (Å²) in [6, 6.07) is 3.89. The molecule has 19 heteroatoms. The molecule has 0 bridgehead atoms. The van der Waals surface area contributed by atoms with Crippen LogP contribution in [-0.2, 0) is 14.1 Å². The van der Waals surface area contributed by atoms with Gasteiger partial charge in [0, 0.05) is 38.9 Å². The van der Waals surface area contributed by atoms with Gasteiger partial charge < -0.3 is 30.6 Å². The average Bonchev–Trinajstić information content (AvgIpc) is 3.97. The minimum absolute atomic E-state index is 0. The molecule has 2 atom stereocenters. The number of H-pyrrole nitrogens is 4. The van der Waals surface area contributed by atoms with Gasteiger partial charge in [-0.3, -0.25) is 19.0 Å². The maximum atomic E-state index is 12.9. The van der Waals surface area contributed by atoms with Crippen molar-refractivity contribution >= 4 is 85.0 Å². The Morgan fingerprint density at radius 3 is 1.31 bits per heavy atom. The number of aryl methyl sites for hydroxylation is 4. The zero-order chi connectivity index (χ0) is 42.6. The van der Waals surface area contributed by atoms with Gasteiger partial charge in [-0.15, -0.1) is 0 Å². The molecule has 308 valence electrons. The molecular formula is C40H54B2N14O2S. The van der Waals surface area contributed by atoms with Crippen molar-refractivity contribution in [3.8, 4) is 22.8 Å². The van der Waals surface area contributed by atoms with Crippen LogP contribution in [0.4, 0.5) is 11.4 Å². The number of nitrogens with one attached hydrogen (secondary N) is 6. The van der Waals surface area contributed by atoms with Crippen molar-refractivity contribution in [3.63, 3.8) is 0 Å². The van der Waals surface area contributed by atoms with Crippen LogP contribution in [0.5, 0.6) is 0 Å². The molecule has 59 heavy (non-hydrogen) atoms. The third-order valence-corrected chi connectivity index (χ3v) is 9.06. The van der Waals surface area contributed by atoms with Crippen LogP contribution in [0.25, 0.3) is 67.2 Å². The van der Waals surface area contributed by atoms with E-state index < -0.39 is 0 Å². The van der Waals surface area contributed by atoms with Crippen molar-refractivity contribution in [3.05, 3.63) is 68.8 Å². The molecule has 8 aromatic rings. The molecule has 2 unspecified atom stereocenters. The second-order valence-electron chi connectivity index (χ2n) is 14.3. The highest BCUT2D eigenvalue weighted by molar-refractivity contribution is 7.59. The number of fused-ring (bicyclic) bond motifs is 4. The van der Waals surface area contributed by atoms with Crippen molar-refractivity contribution in [1.29, 1.82) is 0 Å². The molecule has 8 aromatic heterocycles. The van der Waals surface area contributed by atoms with E-state index >= 15 is 0 Å². The number of pyridine rings is 4. The number of rotatable bonds is 8. The highest BCUT2D eigenvalue weighted by Crippen LogP contribution is 2.32. The molecule has 0 aliphatic heterocycles.